The fourth-order valence-electron chi connectivity index (χ4n) is 3.31. The summed E-state index contributed by atoms with van der Waals surface area (Å²) in [5, 5.41) is 4.58. The van der Waals surface area contributed by atoms with Crippen LogP contribution in [0.25, 0.3) is 0 Å². The van der Waals surface area contributed by atoms with Crippen LogP contribution < -0.4 is 5.73 Å². The molecule has 0 amide bonds. The zero-order chi connectivity index (χ0) is 13.3. The van der Waals surface area contributed by atoms with Gasteiger partial charge in [-0.05, 0) is 66.9 Å². The Kier molecular flexibility index (Phi) is 4.17. The molecule has 2 atom stereocenters. The summed E-state index contributed by atoms with van der Waals surface area (Å²) in [4.78, 5) is 0. The van der Waals surface area contributed by atoms with Crippen LogP contribution in [0.15, 0.2) is 4.47 Å². The van der Waals surface area contributed by atoms with E-state index in [9.17, 15) is 0 Å². The van der Waals surface area contributed by atoms with E-state index in [1.54, 1.807) is 0 Å². The summed E-state index contributed by atoms with van der Waals surface area (Å²) in [7, 11) is 0. The van der Waals surface area contributed by atoms with Gasteiger partial charge in [-0.25, -0.2) is 0 Å². The summed E-state index contributed by atoms with van der Waals surface area (Å²) < 4.78 is 3.30. The van der Waals surface area contributed by atoms with Crippen LogP contribution in [0.4, 0.5) is 0 Å². The molecule has 1 fully saturated rings. The predicted octanol–water partition coefficient (Wildman–Crippen LogP) is 3.28. The van der Waals surface area contributed by atoms with Crippen LogP contribution in [-0.2, 0) is 13.0 Å². The van der Waals surface area contributed by atoms with Gasteiger partial charge in [-0.3, -0.25) is 4.68 Å². The highest BCUT2D eigenvalue weighted by molar-refractivity contribution is 9.10. The van der Waals surface area contributed by atoms with Gasteiger partial charge in [0.2, 0.25) is 0 Å². The molecule has 1 saturated carbocycles. The summed E-state index contributed by atoms with van der Waals surface area (Å²) in [6, 6.07) is 0. The molecule has 102 valence electrons. The molecule has 2 N–H and O–H groups in total. The lowest BCUT2D eigenvalue weighted by atomic mass is 9.81. The number of halogens is 1. The Labute approximate surface area is 118 Å². The molecule has 0 spiro atoms. The molecule has 1 aromatic heterocycles. The van der Waals surface area contributed by atoms with E-state index in [2.05, 4.69) is 46.5 Å². The van der Waals surface area contributed by atoms with Crippen LogP contribution in [0.1, 0.15) is 44.5 Å². The highest BCUT2D eigenvalue weighted by Gasteiger charge is 2.37. The van der Waals surface area contributed by atoms with Gasteiger partial charge >= 0.3 is 0 Å². The first-order valence-electron chi connectivity index (χ1n) is 6.93. The maximum atomic E-state index is 6.08. The van der Waals surface area contributed by atoms with Crippen LogP contribution in [-0.4, -0.2) is 16.3 Å². The second-order valence-corrected chi connectivity index (χ2v) is 6.68. The van der Waals surface area contributed by atoms with E-state index in [0.29, 0.717) is 5.41 Å². The third-order valence-corrected chi connectivity index (χ3v) is 5.41. The van der Waals surface area contributed by atoms with Gasteiger partial charge in [0.15, 0.2) is 0 Å². The van der Waals surface area contributed by atoms with Crippen molar-refractivity contribution in [2.45, 2.75) is 53.0 Å². The Bertz CT molecular complexity index is 427. The van der Waals surface area contributed by atoms with Gasteiger partial charge in [0.25, 0.3) is 0 Å². The maximum absolute atomic E-state index is 6.08. The van der Waals surface area contributed by atoms with Crippen molar-refractivity contribution < 1.29 is 0 Å². The quantitative estimate of drug-likeness (QED) is 0.927. The molecule has 1 aliphatic rings. The summed E-state index contributed by atoms with van der Waals surface area (Å²) in [5.41, 5.74) is 8.79. The van der Waals surface area contributed by atoms with Crippen LogP contribution in [0.5, 0.6) is 0 Å². The molecule has 18 heavy (non-hydrogen) atoms. The number of hydrogen-bond donors (Lipinski definition) is 1. The summed E-state index contributed by atoms with van der Waals surface area (Å²) in [6.45, 7) is 8.27. The molecule has 1 heterocycles. The molecule has 3 nitrogen and oxygen atoms in total. The smallest absolute Gasteiger partial charge is 0.0738 e. The van der Waals surface area contributed by atoms with E-state index in [0.717, 1.165) is 31.1 Å². The molecule has 2 rings (SSSR count). The minimum Gasteiger partial charge on any atom is -0.330 e. The number of aromatic nitrogens is 2. The maximum Gasteiger partial charge on any atom is 0.0738 e. The third-order valence-electron chi connectivity index (χ3n) is 4.38. The van der Waals surface area contributed by atoms with Crippen LogP contribution in [0, 0.1) is 18.3 Å². The van der Waals surface area contributed by atoms with Crippen molar-refractivity contribution in [3.05, 3.63) is 15.9 Å². The van der Waals surface area contributed by atoms with Crippen LogP contribution in [0.3, 0.4) is 0 Å². The molecular formula is C14H24BrN3. The Hall–Kier alpha value is -0.350. The first-order valence-corrected chi connectivity index (χ1v) is 7.72. The van der Waals surface area contributed by atoms with Gasteiger partial charge in [0, 0.05) is 6.54 Å². The second kappa shape index (κ2) is 5.33. The van der Waals surface area contributed by atoms with Gasteiger partial charge in [0.1, 0.15) is 0 Å². The lowest BCUT2D eigenvalue weighted by Crippen LogP contribution is -2.31. The predicted molar refractivity (Wildman–Crippen MR) is 78.5 cm³/mol. The highest BCUT2D eigenvalue weighted by atomic mass is 79.9. The number of nitrogens with zero attached hydrogens (tertiary/aromatic N) is 2. The van der Waals surface area contributed by atoms with E-state index < -0.39 is 0 Å². The van der Waals surface area contributed by atoms with Crippen LogP contribution in [0.2, 0.25) is 0 Å². The average Bonchev–Trinajstić information content (AvgIpc) is 2.85. The average molecular weight is 314 g/mol. The highest BCUT2D eigenvalue weighted by Crippen LogP contribution is 2.44. The summed E-state index contributed by atoms with van der Waals surface area (Å²) >= 11 is 3.69. The second-order valence-electron chi connectivity index (χ2n) is 5.89. The zero-order valence-electron chi connectivity index (χ0n) is 11.7. The van der Waals surface area contributed by atoms with Crippen molar-refractivity contribution in [1.29, 1.82) is 0 Å². The molecule has 0 aromatic carbocycles. The SMILES string of the molecule is CCn1nc(C)c(Br)c1CC1(CN)CCC(C)C1. The standard InChI is InChI=1S/C14H24BrN3/c1-4-18-12(13(15)11(3)17-18)8-14(9-16)6-5-10(2)7-14/h10H,4-9,16H2,1-3H3. The molecule has 0 saturated heterocycles. The fraction of sp³-hybridized carbons (Fsp3) is 0.786. The first kappa shape index (κ1) is 14.1. The molecule has 2 unspecified atom stereocenters. The topological polar surface area (TPSA) is 43.8 Å². The Balaban J connectivity index is 2.27. The van der Waals surface area contributed by atoms with Crippen molar-refractivity contribution in [3.8, 4) is 0 Å². The van der Waals surface area contributed by atoms with E-state index >= 15 is 0 Å². The van der Waals surface area contributed by atoms with Gasteiger partial charge in [-0.1, -0.05) is 13.3 Å². The van der Waals surface area contributed by atoms with Crippen LogP contribution >= 0.6 is 15.9 Å². The van der Waals surface area contributed by atoms with Gasteiger partial charge in [0.05, 0.1) is 15.9 Å². The number of rotatable bonds is 4. The van der Waals surface area contributed by atoms with Crippen molar-refractivity contribution in [2.75, 3.05) is 6.54 Å². The largest absolute Gasteiger partial charge is 0.330 e. The molecule has 1 aliphatic carbocycles. The van der Waals surface area contributed by atoms with Crippen molar-refractivity contribution >= 4 is 15.9 Å². The molecule has 0 bridgehead atoms. The summed E-state index contributed by atoms with van der Waals surface area (Å²) in [5.74, 6) is 0.812. The number of aryl methyl sites for hydroxylation is 2. The van der Waals surface area contributed by atoms with Gasteiger partial charge in [-0.15, -0.1) is 0 Å². The Morgan fingerprint density at radius 1 is 1.56 bits per heavy atom. The lowest BCUT2D eigenvalue weighted by Gasteiger charge is -2.28. The van der Waals surface area contributed by atoms with Gasteiger partial charge < -0.3 is 5.73 Å². The van der Waals surface area contributed by atoms with Gasteiger partial charge in [-0.2, -0.15) is 5.10 Å². The minimum atomic E-state index is 0.293. The van der Waals surface area contributed by atoms with Crippen molar-refractivity contribution in [1.82, 2.24) is 9.78 Å². The lowest BCUT2D eigenvalue weighted by molar-refractivity contribution is 0.287. The minimum absolute atomic E-state index is 0.293. The fourth-order valence-corrected chi connectivity index (χ4v) is 3.73. The van der Waals surface area contributed by atoms with E-state index in [1.807, 2.05) is 0 Å². The summed E-state index contributed by atoms with van der Waals surface area (Å²) in [6.07, 6.45) is 4.88. The van der Waals surface area contributed by atoms with Crippen molar-refractivity contribution in [2.24, 2.45) is 17.1 Å². The van der Waals surface area contributed by atoms with E-state index in [4.69, 9.17) is 5.73 Å². The van der Waals surface area contributed by atoms with E-state index in [1.165, 1.54) is 29.4 Å². The number of hydrogen-bond acceptors (Lipinski definition) is 2. The zero-order valence-corrected chi connectivity index (χ0v) is 13.3. The normalized spacial score (nSPS) is 27.9. The van der Waals surface area contributed by atoms with E-state index in [-0.39, 0.29) is 0 Å². The molecule has 1 aromatic rings. The first-order chi connectivity index (χ1) is 8.51. The molecule has 4 heteroatoms. The monoisotopic (exact) mass is 313 g/mol. The third kappa shape index (κ3) is 2.50. The Morgan fingerprint density at radius 3 is 2.78 bits per heavy atom. The molecule has 0 radical (unpaired) electrons. The Morgan fingerprint density at radius 2 is 2.28 bits per heavy atom. The molecular weight excluding hydrogens is 290 g/mol. The number of nitrogens with two attached hydrogens (primary N) is 1. The molecule has 0 aliphatic heterocycles. The van der Waals surface area contributed by atoms with Crippen molar-refractivity contribution in [3.63, 3.8) is 0 Å².